The van der Waals surface area contributed by atoms with Crippen LogP contribution in [0.4, 0.5) is 0 Å². The lowest BCUT2D eigenvalue weighted by Crippen LogP contribution is -1.97. The number of ether oxygens (including phenoxy) is 1. The number of hydrogen-bond donors (Lipinski definition) is 0. The summed E-state index contributed by atoms with van der Waals surface area (Å²) < 4.78 is 10.5. The van der Waals surface area contributed by atoms with Gasteiger partial charge in [0, 0.05) is 0 Å². The molecule has 4 nitrogen and oxygen atoms in total. The number of methoxy groups -OCH3 is 1. The predicted octanol–water partition coefficient (Wildman–Crippen LogP) is 2.07. The number of rotatable bonds is 2. The van der Waals surface area contributed by atoms with Crippen molar-refractivity contribution in [2.75, 3.05) is 7.11 Å². The Kier molecular flexibility index (Phi) is 2.32. The third-order valence-corrected chi connectivity index (χ3v) is 2.89. The number of hydrogen-bond acceptors (Lipinski definition) is 5. The molecule has 0 spiro atoms. The zero-order valence-corrected chi connectivity index (χ0v) is 9.01. The van der Waals surface area contributed by atoms with E-state index in [-0.39, 0.29) is 5.78 Å². The Morgan fingerprint density at radius 2 is 2.20 bits per heavy atom. The van der Waals surface area contributed by atoms with Gasteiger partial charge in [-0.15, -0.1) is 0 Å². The SMILES string of the molecule is COc1ccc2oc(=O)sc2c1C(C)=O. The second-order valence-electron chi connectivity index (χ2n) is 2.98. The van der Waals surface area contributed by atoms with Crippen LogP contribution in [0.15, 0.2) is 21.3 Å². The second-order valence-corrected chi connectivity index (χ2v) is 3.93. The van der Waals surface area contributed by atoms with Crippen LogP contribution >= 0.6 is 11.3 Å². The van der Waals surface area contributed by atoms with Crippen LogP contribution in [0.3, 0.4) is 0 Å². The van der Waals surface area contributed by atoms with E-state index in [4.69, 9.17) is 9.15 Å². The molecule has 0 N–H and O–H groups in total. The number of benzene rings is 1. The first-order valence-corrected chi connectivity index (χ1v) is 5.06. The van der Waals surface area contributed by atoms with E-state index in [1.54, 1.807) is 12.1 Å². The summed E-state index contributed by atoms with van der Waals surface area (Å²) in [6.45, 7) is 1.43. The normalized spacial score (nSPS) is 10.5. The first-order chi connectivity index (χ1) is 7.13. The number of Topliss-reactive ketones (excluding diaryl/α,β-unsaturated/α-hetero) is 1. The number of ketones is 1. The predicted molar refractivity (Wildman–Crippen MR) is 56.9 cm³/mol. The van der Waals surface area contributed by atoms with Gasteiger partial charge in [0.2, 0.25) is 0 Å². The maximum Gasteiger partial charge on any atom is 0.396 e. The highest BCUT2D eigenvalue weighted by Crippen LogP contribution is 2.30. The molecule has 0 aliphatic carbocycles. The van der Waals surface area contributed by atoms with E-state index in [1.165, 1.54) is 14.0 Å². The number of fused-ring (bicyclic) bond motifs is 1. The van der Waals surface area contributed by atoms with Gasteiger partial charge in [-0.05, 0) is 19.1 Å². The first kappa shape index (κ1) is 9.92. The van der Waals surface area contributed by atoms with Gasteiger partial charge in [0.25, 0.3) is 0 Å². The van der Waals surface area contributed by atoms with Crippen LogP contribution in [0.25, 0.3) is 10.3 Å². The number of carbonyl (C=O) groups is 1. The van der Waals surface area contributed by atoms with Gasteiger partial charge in [0.15, 0.2) is 11.4 Å². The van der Waals surface area contributed by atoms with Crippen molar-refractivity contribution in [1.82, 2.24) is 0 Å². The lowest BCUT2D eigenvalue weighted by Gasteiger charge is -2.04. The van der Waals surface area contributed by atoms with E-state index in [1.807, 2.05) is 0 Å². The van der Waals surface area contributed by atoms with Gasteiger partial charge in [0.1, 0.15) is 5.75 Å². The zero-order chi connectivity index (χ0) is 11.0. The smallest absolute Gasteiger partial charge is 0.396 e. The molecule has 0 unspecified atom stereocenters. The maximum atomic E-state index is 11.4. The minimum Gasteiger partial charge on any atom is -0.496 e. The van der Waals surface area contributed by atoms with Crippen molar-refractivity contribution in [1.29, 1.82) is 0 Å². The quantitative estimate of drug-likeness (QED) is 0.733. The van der Waals surface area contributed by atoms with Crippen LogP contribution in [-0.2, 0) is 0 Å². The van der Waals surface area contributed by atoms with Crippen molar-refractivity contribution >= 4 is 27.4 Å². The van der Waals surface area contributed by atoms with E-state index in [0.717, 1.165) is 11.3 Å². The molecule has 0 aliphatic heterocycles. The van der Waals surface area contributed by atoms with E-state index in [0.29, 0.717) is 21.6 Å². The Labute approximate surface area is 89.1 Å². The molecule has 0 saturated carbocycles. The van der Waals surface area contributed by atoms with Crippen molar-refractivity contribution < 1.29 is 13.9 Å². The van der Waals surface area contributed by atoms with Crippen LogP contribution in [0, 0.1) is 0 Å². The Morgan fingerprint density at radius 1 is 1.47 bits per heavy atom. The summed E-state index contributed by atoms with van der Waals surface area (Å²) in [6.07, 6.45) is 0. The summed E-state index contributed by atoms with van der Waals surface area (Å²) in [5.74, 6) is 0.321. The molecule has 1 heterocycles. The van der Waals surface area contributed by atoms with Gasteiger partial charge in [0.05, 0.1) is 17.4 Å². The molecule has 0 saturated heterocycles. The van der Waals surface area contributed by atoms with Crippen LogP contribution < -0.4 is 9.68 Å². The van der Waals surface area contributed by atoms with Crippen LogP contribution in [0.2, 0.25) is 0 Å². The molecule has 0 atom stereocenters. The van der Waals surface area contributed by atoms with Gasteiger partial charge in [-0.2, -0.15) is 0 Å². The minimum atomic E-state index is -0.416. The molecule has 2 rings (SSSR count). The molecule has 0 bridgehead atoms. The van der Waals surface area contributed by atoms with Crippen molar-refractivity contribution in [3.63, 3.8) is 0 Å². The fraction of sp³-hybridized carbons (Fsp3) is 0.200. The molecule has 15 heavy (non-hydrogen) atoms. The highest BCUT2D eigenvalue weighted by atomic mass is 32.1. The average molecular weight is 224 g/mol. The molecule has 2 aromatic rings. The Morgan fingerprint density at radius 3 is 2.80 bits per heavy atom. The molecule has 0 amide bonds. The van der Waals surface area contributed by atoms with Crippen molar-refractivity contribution in [2.45, 2.75) is 6.92 Å². The molecule has 78 valence electrons. The fourth-order valence-corrected chi connectivity index (χ4v) is 2.28. The van der Waals surface area contributed by atoms with Crippen molar-refractivity contribution in [3.8, 4) is 5.75 Å². The highest BCUT2D eigenvalue weighted by molar-refractivity contribution is 7.16. The Bertz CT molecular complexity index is 579. The Hall–Kier alpha value is -1.62. The summed E-state index contributed by atoms with van der Waals surface area (Å²) in [5, 5.41) is 0. The summed E-state index contributed by atoms with van der Waals surface area (Å²) in [6, 6.07) is 3.24. The van der Waals surface area contributed by atoms with Gasteiger partial charge < -0.3 is 9.15 Å². The Balaban J connectivity index is 2.89. The summed E-state index contributed by atoms with van der Waals surface area (Å²) in [4.78, 5) is 22.1. The third-order valence-electron chi connectivity index (χ3n) is 2.03. The van der Waals surface area contributed by atoms with Crippen LogP contribution in [0.5, 0.6) is 5.75 Å². The lowest BCUT2D eigenvalue weighted by atomic mass is 10.1. The van der Waals surface area contributed by atoms with Crippen LogP contribution in [0.1, 0.15) is 17.3 Å². The van der Waals surface area contributed by atoms with Gasteiger partial charge in [-0.1, -0.05) is 11.3 Å². The van der Waals surface area contributed by atoms with Gasteiger partial charge >= 0.3 is 4.94 Å². The third kappa shape index (κ3) is 1.55. The van der Waals surface area contributed by atoms with Gasteiger partial charge in [-0.3, -0.25) is 4.79 Å². The van der Waals surface area contributed by atoms with Crippen molar-refractivity contribution in [3.05, 3.63) is 27.4 Å². The number of carbonyl (C=O) groups excluding carboxylic acids is 1. The standard InChI is InChI=1S/C10H8O4S/c1-5(11)8-6(13-2)3-4-7-9(8)15-10(12)14-7/h3-4H,1-2H3. The topological polar surface area (TPSA) is 56.5 Å². The van der Waals surface area contributed by atoms with E-state index in [9.17, 15) is 9.59 Å². The fourth-order valence-electron chi connectivity index (χ4n) is 1.42. The zero-order valence-electron chi connectivity index (χ0n) is 8.20. The summed E-state index contributed by atoms with van der Waals surface area (Å²) in [5.41, 5.74) is 0.835. The molecule has 0 fully saturated rings. The molecule has 5 heteroatoms. The van der Waals surface area contributed by atoms with Gasteiger partial charge in [-0.25, -0.2) is 4.79 Å². The van der Waals surface area contributed by atoms with Crippen LogP contribution in [-0.4, -0.2) is 12.9 Å². The molecule has 1 aromatic heterocycles. The van der Waals surface area contributed by atoms with E-state index in [2.05, 4.69) is 0 Å². The first-order valence-electron chi connectivity index (χ1n) is 4.25. The lowest BCUT2D eigenvalue weighted by molar-refractivity contribution is 0.101. The second kappa shape index (κ2) is 3.51. The molecular formula is C10H8O4S. The minimum absolute atomic E-state index is 0.144. The monoisotopic (exact) mass is 224 g/mol. The summed E-state index contributed by atoms with van der Waals surface area (Å²) >= 11 is 0.914. The average Bonchev–Trinajstić information content (AvgIpc) is 2.55. The molecule has 0 radical (unpaired) electrons. The molecular weight excluding hydrogens is 216 g/mol. The van der Waals surface area contributed by atoms with Crippen molar-refractivity contribution in [2.24, 2.45) is 0 Å². The molecule has 0 aliphatic rings. The highest BCUT2D eigenvalue weighted by Gasteiger charge is 2.16. The van der Waals surface area contributed by atoms with E-state index < -0.39 is 4.94 Å². The largest absolute Gasteiger partial charge is 0.496 e. The summed E-state index contributed by atoms with van der Waals surface area (Å²) in [7, 11) is 1.48. The van der Waals surface area contributed by atoms with E-state index >= 15 is 0 Å². The maximum absolute atomic E-state index is 11.4. The molecule has 1 aromatic carbocycles.